The van der Waals surface area contributed by atoms with Crippen molar-refractivity contribution in [3.05, 3.63) is 12.7 Å². The first-order valence-corrected chi connectivity index (χ1v) is 5.78. The van der Waals surface area contributed by atoms with Crippen molar-refractivity contribution in [2.75, 3.05) is 0 Å². The summed E-state index contributed by atoms with van der Waals surface area (Å²) in [4.78, 5) is 9.85. The molecule has 0 fully saturated rings. The predicted octanol–water partition coefficient (Wildman–Crippen LogP) is 1.99. The average molecular weight is 162 g/mol. The molecular formula is C6H10ClOSi. The normalized spacial score (nSPS) is 9.56. The van der Waals surface area contributed by atoms with E-state index in [1.54, 1.807) is 0 Å². The van der Waals surface area contributed by atoms with Crippen LogP contribution in [0.15, 0.2) is 12.7 Å². The minimum absolute atomic E-state index is 0.603. The molecule has 0 aliphatic rings. The Kier molecular flexibility index (Phi) is 5.99. The van der Waals surface area contributed by atoms with Gasteiger partial charge in [-0.15, -0.1) is 6.58 Å². The summed E-state index contributed by atoms with van der Waals surface area (Å²) in [5.74, 6) is 0. The number of halogens is 1. The number of carbonyl (C=O) groups is 1. The van der Waals surface area contributed by atoms with E-state index in [1.165, 1.54) is 0 Å². The lowest BCUT2D eigenvalue weighted by Gasteiger charge is -1.97. The molecule has 0 atom stereocenters. The fourth-order valence-corrected chi connectivity index (χ4v) is 2.08. The minimum atomic E-state index is -0.780. The molecule has 1 radical (unpaired) electrons. The van der Waals surface area contributed by atoms with E-state index in [1.807, 2.05) is 6.08 Å². The van der Waals surface area contributed by atoms with Crippen LogP contribution in [0.3, 0.4) is 0 Å². The van der Waals surface area contributed by atoms with Crippen molar-refractivity contribution >= 4 is 25.5 Å². The second kappa shape index (κ2) is 6.04. The van der Waals surface area contributed by atoms with E-state index in [0.29, 0.717) is 6.42 Å². The van der Waals surface area contributed by atoms with E-state index in [9.17, 15) is 4.79 Å². The monoisotopic (exact) mass is 161 g/mol. The van der Waals surface area contributed by atoms with E-state index in [-0.39, 0.29) is 0 Å². The maximum atomic E-state index is 9.85. The fraction of sp³-hybridized carbons (Fsp3) is 0.500. The zero-order chi connectivity index (χ0) is 7.11. The highest BCUT2D eigenvalue weighted by atomic mass is 35.6. The molecule has 0 aromatic rings. The summed E-state index contributed by atoms with van der Waals surface area (Å²) in [7, 11) is -0.780. The molecule has 0 rings (SSSR count). The molecule has 0 saturated heterocycles. The third-order valence-electron chi connectivity index (χ3n) is 0.899. The lowest BCUT2D eigenvalue weighted by molar-refractivity contribution is -0.107. The first-order valence-electron chi connectivity index (χ1n) is 2.86. The number of rotatable bonds is 5. The van der Waals surface area contributed by atoms with E-state index >= 15 is 0 Å². The molecule has 0 amide bonds. The third-order valence-corrected chi connectivity index (χ3v) is 3.49. The highest BCUT2D eigenvalue weighted by molar-refractivity contribution is 7.07. The van der Waals surface area contributed by atoms with E-state index in [2.05, 4.69) is 6.58 Å². The largest absolute Gasteiger partial charge is 0.303 e. The zero-order valence-electron chi connectivity index (χ0n) is 5.27. The first-order chi connectivity index (χ1) is 4.31. The van der Waals surface area contributed by atoms with Crippen LogP contribution in [0, 0.1) is 0 Å². The molecule has 0 bridgehead atoms. The van der Waals surface area contributed by atoms with Gasteiger partial charge in [-0.2, -0.15) is 11.1 Å². The topological polar surface area (TPSA) is 17.1 Å². The molecule has 1 nitrogen and oxygen atoms in total. The van der Waals surface area contributed by atoms with Gasteiger partial charge in [-0.25, -0.2) is 0 Å². The maximum absolute atomic E-state index is 9.85. The van der Waals surface area contributed by atoms with Gasteiger partial charge in [0.05, 0.1) is 0 Å². The van der Waals surface area contributed by atoms with Crippen LogP contribution in [-0.4, -0.2) is 14.4 Å². The Balaban J connectivity index is 3.14. The molecule has 51 valence electrons. The van der Waals surface area contributed by atoms with E-state index in [4.69, 9.17) is 11.1 Å². The first kappa shape index (κ1) is 8.92. The quantitative estimate of drug-likeness (QED) is 0.261. The van der Waals surface area contributed by atoms with Crippen LogP contribution in [-0.2, 0) is 4.79 Å². The molecule has 0 N–H and O–H groups in total. The summed E-state index contributed by atoms with van der Waals surface area (Å²) in [5.41, 5.74) is 0. The van der Waals surface area contributed by atoms with Gasteiger partial charge in [0, 0.05) is 6.42 Å². The smallest absolute Gasteiger partial charge is 0.169 e. The predicted molar refractivity (Wildman–Crippen MR) is 42.1 cm³/mol. The maximum Gasteiger partial charge on any atom is 0.169 e. The number of aldehydes is 1. The molecule has 0 aliphatic heterocycles. The summed E-state index contributed by atoms with van der Waals surface area (Å²) < 4.78 is 0. The van der Waals surface area contributed by atoms with Gasteiger partial charge in [0.2, 0.25) is 0 Å². The number of hydrogen-bond donors (Lipinski definition) is 0. The van der Waals surface area contributed by atoms with Gasteiger partial charge in [0.1, 0.15) is 6.29 Å². The summed E-state index contributed by atoms with van der Waals surface area (Å²) in [5, 5.41) is 0. The SMILES string of the molecule is C=CC[Si](Cl)CCC=O. The van der Waals surface area contributed by atoms with Crippen molar-refractivity contribution in [2.45, 2.75) is 18.5 Å². The second-order valence-electron chi connectivity index (χ2n) is 1.72. The molecule has 0 aromatic heterocycles. The number of allylic oxidation sites excluding steroid dienone is 1. The Labute approximate surface area is 62.0 Å². The standard InChI is InChI=1S/C6H10ClOSi/c1-2-5-9(7)6-3-4-8/h2,4H,1,3,5-6H2. The van der Waals surface area contributed by atoms with Crippen LogP contribution in [0.2, 0.25) is 12.1 Å². The van der Waals surface area contributed by atoms with Crippen LogP contribution >= 0.6 is 11.1 Å². The lowest BCUT2D eigenvalue weighted by atomic mass is 10.6. The lowest BCUT2D eigenvalue weighted by Crippen LogP contribution is -2.00. The highest BCUT2D eigenvalue weighted by Gasteiger charge is 2.03. The molecule has 0 aliphatic carbocycles. The number of hydrogen-bond acceptors (Lipinski definition) is 1. The molecule has 0 heterocycles. The van der Waals surface area contributed by atoms with Crippen molar-refractivity contribution in [3.8, 4) is 0 Å². The Morgan fingerprint density at radius 1 is 1.67 bits per heavy atom. The molecule has 3 heteroatoms. The van der Waals surface area contributed by atoms with Crippen LogP contribution in [0.5, 0.6) is 0 Å². The summed E-state index contributed by atoms with van der Waals surface area (Å²) in [6.07, 6.45) is 3.33. The molecule has 0 unspecified atom stereocenters. The van der Waals surface area contributed by atoms with Gasteiger partial charge in [-0.05, 0) is 12.1 Å². The van der Waals surface area contributed by atoms with Crippen molar-refractivity contribution in [3.63, 3.8) is 0 Å². The van der Waals surface area contributed by atoms with Crippen LogP contribution in [0.1, 0.15) is 6.42 Å². The minimum Gasteiger partial charge on any atom is -0.303 e. The van der Waals surface area contributed by atoms with Crippen LogP contribution in [0.4, 0.5) is 0 Å². The van der Waals surface area contributed by atoms with Crippen molar-refractivity contribution in [1.82, 2.24) is 0 Å². The van der Waals surface area contributed by atoms with E-state index < -0.39 is 8.11 Å². The van der Waals surface area contributed by atoms with Crippen LogP contribution < -0.4 is 0 Å². The molecule has 0 saturated carbocycles. The summed E-state index contributed by atoms with van der Waals surface area (Å²) >= 11 is 5.83. The van der Waals surface area contributed by atoms with Crippen molar-refractivity contribution < 1.29 is 4.79 Å². The zero-order valence-corrected chi connectivity index (χ0v) is 7.03. The molecule has 0 aromatic carbocycles. The Morgan fingerprint density at radius 3 is 2.78 bits per heavy atom. The van der Waals surface area contributed by atoms with Crippen LogP contribution in [0.25, 0.3) is 0 Å². The number of carbonyl (C=O) groups excluding carboxylic acids is 1. The van der Waals surface area contributed by atoms with Gasteiger partial charge in [0.15, 0.2) is 8.11 Å². The van der Waals surface area contributed by atoms with Gasteiger partial charge >= 0.3 is 0 Å². The van der Waals surface area contributed by atoms with Gasteiger partial charge < -0.3 is 4.79 Å². The summed E-state index contributed by atoms with van der Waals surface area (Å²) in [6.45, 7) is 3.56. The second-order valence-corrected chi connectivity index (χ2v) is 5.26. The molecular weight excluding hydrogens is 152 g/mol. The summed E-state index contributed by atoms with van der Waals surface area (Å²) in [6, 6.07) is 1.75. The third kappa shape index (κ3) is 5.79. The Morgan fingerprint density at radius 2 is 2.33 bits per heavy atom. The fourth-order valence-electron chi connectivity index (χ4n) is 0.474. The highest BCUT2D eigenvalue weighted by Crippen LogP contribution is 2.05. The van der Waals surface area contributed by atoms with Gasteiger partial charge in [-0.3, -0.25) is 0 Å². The molecule has 0 spiro atoms. The van der Waals surface area contributed by atoms with Gasteiger partial charge in [0.25, 0.3) is 0 Å². The van der Waals surface area contributed by atoms with Gasteiger partial charge in [-0.1, -0.05) is 6.08 Å². The van der Waals surface area contributed by atoms with Crippen molar-refractivity contribution in [1.29, 1.82) is 0 Å². The van der Waals surface area contributed by atoms with Crippen molar-refractivity contribution in [2.24, 2.45) is 0 Å². The average Bonchev–Trinajstić information content (AvgIpc) is 1.85. The van der Waals surface area contributed by atoms with E-state index in [0.717, 1.165) is 18.4 Å². The Bertz CT molecular complexity index is 95.1. The molecule has 9 heavy (non-hydrogen) atoms. The Hall–Kier alpha value is -0.0831.